The Bertz CT molecular complexity index is 509. The molecule has 2 heterocycles. The second-order valence-corrected chi connectivity index (χ2v) is 5.99. The van der Waals surface area contributed by atoms with E-state index in [1.54, 1.807) is 0 Å². The first-order valence-corrected chi connectivity index (χ1v) is 8.02. The summed E-state index contributed by atoms with van der Waals surface area (Å²) in [5.74, 6) is 1.95. The van der Waals surface area contributed by atoms with Gasteiger partial charge in [-0.15, -0.1) is 0 Å². The highest BCUT2D eigenvalue weighted by Crippen LogP contribution is 2.42. The van der Waals surface area contributed by atoms with Crippen LogP contribution in [-0.2, 0) is 4.74 Å². The van der Waals surface area contributed by atoms with Gasteiger partial charge in [0.25, 0.3) is 0 Å². The van der Waals surface area contributed by atoms with Gasteiger partial charge in [0.2, 0.25) is 0 Å². The second-order valence-electron chi connectivity index (χ2n) is 5.58. The predicted octanol–water partition coefficient (Wildman–Crippen LogP) is 3.19. The molecule has 116 valence electrons. The van der Waals surface area contributed by atoms with Gasteiger partial charge >= 0.3 is 0 Å². The summed E-state index contributed by atoms with van der Waals surface area (Å²) in [6.45, 7) is 7.11. The van der Waals surface area contributed by atoms with Crippen molar-refractivity contribution in [2.24, 2.45) is 5.92 Å². The zero-order valence-corrected chi connectivity index (χ0v) is 13.3. The minimum absolute atomic E-state index is 0.177. The molecule has 1 saturated heterocycles. The molecule has 2 aliphatic rings. The van der Waals surface area contributed by atoms with Crippen molar-refractivity contribution in [3.05, 3.63) is 22.7 Å². The largest absolute Gasteiger partial charge is 0.486 e. The molecule has 0 aromatic heterocycles. The van der Waals surface area contributed by atoms with Crippen LogP contribution in [0.4, 0.5) is 0 Å². The van der Waals surface area contributed by atoms with Gasteiger partial charge in [0.15, 0.2) is 11.5 Å². The van der Waals surface area contributed by atoms with Gasteiger partial charge in [0.1, 0.15) is 13.2 Å². The lowest BCUT2D eigenvalue weighted by Gasteiger charge is -2.29. The Balaban J connectivity index is 1.94. The summed E-state index contributed by atoms with van der Waals surface area (Å²) in [5.41, 5.74) is 1.07. The van der Waals surface area contributed by atoms with Crippen LogP contribution in [0.15, 0.2) is 12.1 Å². The standard InChI is InChI=1S/C16H22ClNO3/c1-3-18-16(11-4-5-19-10(11)2)12-8-14-15(9-13(12)17)21-7-6-20-14/h8-11,16,18H,3-7H2,1-2H3. The summed E-state index contributed by atoms with van der Waals surface area (Å²) in [4.78, 5) is 0. The van der Waals surface area contributed by atoms with Crippen LogP contribution in [0.2, 0.25) is 5.02 Å². The molecule has 0 spiro atoms. The number of rotatable bonds is 4. The zero-order chi connectivity index (χ0) is 14.8. The Hall–Kier alpha value is -0.970. The van der Waals surface area contributed by atoms with E-state index in [1.165, 1.54) is 0 Å². The summed E-state index contributed by atoms with van der Waals surface area (Å²) < 4.78 is 17.0. The Morgan fingerprint density at radius 1 is 1.24 bits per heavy atom. The third kappa shape index (κ3) is 2.98. The average molecular weight is 312 g/mol. The predicted molar refractivity (Wildman–Crippen MR) is 82.4 cm³/mol. The van der Waals surface area contributed by atoms with Crippen LogP contribution in [-0.4, -0.2) is 32.5 Å². The minimum Gasteiger partial charge on any atom is -0.486 e. The molecule has 1 N–H and O–H groups in total. The third-order valence-electron chi connectivity index (χ3n) is 4.28. The minimum atomic E-state index is 0.177. The lowest BCUT2D eigenvalue weighted by molar-refractivity contribution is 0.0955. The Labute approximate surface area is 130 Å². The normalized spacial score (nSPS) is 25.9. The van der Waals surface area contributed by atoms with Crippen molar-refractivity contribution in [1.29, 1.82) is 0 Å². The monoisotopic (exact) mass is 311 g/mol. The maximum absolute atomic E-state index is 6.50. The van der Waals surface area contributed by atoms with Gasteiger partial charge in [-0.05, 0) is 31.5 Å². The molecule has 21 heavy (non-hydrogen) atoms. The van der Waals surface area contributed by atoms with Crippen molar-refractivity contribution in [1.82, 2.24) is 5.32 Å². The average Bonchev–Trinajstić information content (AvgIpc) is 2.90. The first kappa shape index (κ1) is 14.9. The van der Waals surface area contributed by atoms with E-state index in [2.05, 4.69) is 19.2 Å². The Morgan fingerprint density at radius 2 is 1.95 bits per heavy atom. The summed E-state index contributed by atoms with van der Waals surface area (Å²) in [6, 6.07) is 4.07. The van der Waals surface area contributed by atoms with Crippen LogP contribution in [0.5, 0.6) is 11.5 Å². The number of hydrogen-bond acceptors (Lipinski definition) is 4. The molecule has 2 aliphatic heterocycles. The zero-order valence-electron chi connectivity index (χ0n) is 12.5. The number of halogens is 1. The second kappa shape index (κ2) is 6.42. The van der Waals surface area contributed by atoms with Gasteiger partial charge in [-0.2, -0.15) is 0 Å². The molecule has 5 heteroatoms. The molecule has 3 atom stereocenters. The SMILES string of the molecule is CCNC(c1cc2c(cc1Cl)OCCO2)C1CCOC1C. The molecule has 0 bridgehead atoms. The summed E-state index contributed by atoms with van der Waals surface area (Å²) >= 11 is 6.50. The van der Waals surface area contributed by atoms with E-state index in [9.17, 15) is 0 Å². The van der Waals surface area contributed by atoms with E-state index < -0.39 is 0 Å². The molecule has 1 aromatic rings. The van der Waals surface area contributed by atoms with Crippen LogP contribution in [0, 0.1) is 5.92 Å². The molecule has 0 aliphatic carbocycles. The lowest BCUT2D eigenvalue weighted by atomic mass is 9.88. The smallest absolute Gasteiger partial charge is 0.162 e. The first-order valence-electron chi connectivity index (χ1n) is 7.64. The van der Waals surface area contributed by atoms with Gasteiger partial charge in [-0.3, -0.25) is 0 Å². The molecule has 0 saturated carbocycles. The molecule has 3 rings (SSSR count). The van der Waals surface area contributed by atoms with Crippen molar-refractivity contribution in [2.75, 3.05) is 26.4 Å². The summed E-state index contributed by atoms with van der Waals surface area (Å²) in [6.07, 6.45) is 1.28. The van der Waals surface area contributed by atoms with Crippen molar-refractivity contribution in [3.8, 4) is 11.5 Å². The van der Waals surface area contributed by atoms with Crippen LogP contribution < -0.4 is 14.8 Å². The maximum atomic E-state index is 6.50. The number of fused-ring (bicyclic) bond motifs is 1. The number of ether oxygens (including phenoxy) is 3. The van der Waals surface area contributed by atoms with Gasteiger partial charge in [-0.25, -0.2) is 0 Å². The maximum Gasteiger partial charge on any atom is 0.162 e. The summed E-state index contributed by atoms with van der Waals surface area (Å²) in [7, 11) is 0. The molecule has 3 unspecified atom stereocenters. The van der Waals surface area contributed by atoms with E-state index in [0.29, 0.717) is 19.1 Å². The van der Waals surface area contributed by atoms with Gasteiger partial charge in [-0.1, -0.05) is 18.5 Å². The van der Waals surface area contributed by atoms with Crippen LogP contribution in [0.25, 0.3) is 0 Å². The highest BCUT2D eigenvalue weighted by atomic mass is 35.5. The fourth-order valence-electron chi connectivity index (χ4n) is 3.22. The fourth-order valence-corrected chi connectivity index (χ4v) is 3.49. The van der Waals surface area contributed by atoms with E-state index in [-0.39, 0.29) is 12.1 Å². The van der Waals surface area contributed by atoms with Crippen molar-refractivity contribution < 1.29 is 14.2 Å². The van der Waals surface area contributed by atoms with Gasteiger partial charge in [0.05, 0.1) is 6.10 Å². The van der Waals surface area contributed by atoms with Crippen molar-refractivity contribution >= 4 is 11.6 Å². The Kier molecular flexibility index (Phi) is 4.57. The third-order valence-corrected chi connectivity index (χ3v) is 4.61. The topological polar surface area (TPSA) is 39.7 Å². The molecular formula is C16H22ClNO3. The van der Waals surface area contributed by atoms with Crippen LogP contribution in [0.3, 0.4) is 0 Å². The molecular weight excluding hydrogens is 290 g/mol. The van der Waals surface area contributed by atoms with Gasteiger partial charge < -0.3 is 19.5 Å². The van der Waals surface area contributed by atoms with E-state index in [4.69, 9.17) is 25.8 Å². The highest BCUT2D eigenvalue weighted by molar-refractivity contribution is 6.31. The molecule has 1 fully saturated rings. The number of hydrogen-bond donors (Lipinski definition) is 1. The molecule has 4 nitrogen and oxygen atoms in total. The lowest BCUT2D eigenvalue weighted by Crippen LogP contribution is -2.32. The number of benzene rings is 1. The molecule has 1 aromatic carbocycles. The fraction of sp³-hybridized carbons (Fsp3) is 0.625. The summed E-state index contributed by atoms with van der Waals surface area (Å²) in [5, 5.41) is 4.28. The van der Waals surface area contributed by atoms with E-state index in [0.717, 1.165) is 41.7 Å². The Morgan fingerprint density at radius 3 is 2.57 bits per heavy atom. The number of nitrogens with one attached hydrogen (secondary N) is 1. The van der Waals surface area contributed by atoms with Crippen LogP contribution >= 0.6 is 11.6 Å². The van der Waals surface area contributed by atoms with Crippen molar-refractivity contribution in [2.45, 2.75) is 32.4 Å². The van der Waals surface area contributed by atoms with Crippen LogP contribution in [0.1, 0.15) is 31.9 Å². The first-order chi connectivity index (χ1) is 10.2. The quantitative estimate of drug-likeness (QED) is 0.927. The van der Waals surface area contributed by atoms with Gasteiger partial charge in [0, 0.05) is 29.7 Å². The molecule has 0 radical (unpaired) electrons. The highest BCUT2D eigenvalue weighted by Gasteiger charge is 2.34. The molecule has 0 amide bonds. The van der Waals surface area contributed by atoms with Crippen molar-refractivity contribution in [3.63, 3.8) is 0 Å². The van der Waals surface area contributed by atoms with E-state index in [1.807, 2.05) is 12.1 Å². The van der Waals surface area contributed by atoms with E-state index >= 15 is 0 Å².